The monoisotopic (exact) mass is 800 g/mol. The van der Waals surface area contributed by atoms with Crippen LogP contribution in [0.5, 0.6) is 0 Å². The number of benzene rings is 4. The van der Waals surface area contributed by atoms with Gasteiger partial charge in [0.15, 0.2) is 0 Å². The van der Waals surface area contributed by atoms with Gasteiger partial charge in [-0.2, -0.15) is 0 Å². The Morgan fingerprint density at radius 1 is 0.729 bits per heavy atom. The minimum absolute atomic E-state index is 0.0916. The number of ether oxygens (including phenoxy) is 2. The third kappa shape index (κ3) is 9.72. The van der Waals surface area contributed by atoms with E-state index < -0.39 is 17.7 Å². The molecular weight excluding hydrogens is 759 g/mol. The van der Waals surface area contributed by atoms with Crippen LogP contribution in [0.2, 0.25) is 0 Å². The lowest BCUT2D eigenvalue weighted by atomic mass is 9.96. The van der Waals surface area contributed by atoms with Gasteiger partial charge in [-0.15, -0.1) is 0 Å². The predicted octanol–water partition coefficient (Wildman–Crippen LogP) is 5.81. The predicted molar refractivity (Wildman–Crippen MR) is 219 cm³/mol. The summed E-state index contributed by atoms with van der Waals surface area (Å²) in [7, 11) is 0. The summed E-state index contributed by atoms with van der Waals surface area (Å²) in [6.07, 6.45) is 6.94. The number of anilines is 2. The molecule has 13 nitrogen and oxygen atoms in total. The summed E-state index contributed by atoms with van der Waals surface area (Å²) in [5, 5.41) is 12.4. The first-order valence-corrected chi connectivity index (χ1v) is 19.0. The van der Waals surface area contributed by atoms with Crippen LogP contribution in [0.25, 0.3) is 44.6 Å². The molecule has 302 valence electrons. The maximum absolute atomic E-state index is 14.9. The van der Waals surface area contributed by atoms with Crippen molar-refractivity contribution in [2.24, 2.45) is 0 Å². The Labute approximate surface area is 339 Å². The molecule has 0 bridgehead atoms. The van der Waals surface area contributed by atoms with E-state index in [1.807, 2.05) is 12.1 Å². The molecule has 59 heavy (non-hydrogen) atoms. The number of aliphatic hydroxyl groups is 1. The Kier molecular flexibility index (Phi) is 12.9. The third-order valence-corrected chi connectivity index (χ3v) is 10.0. The molecule has 0 radical (unpaired) electrons. The summed E-state index contributed by atoms with van der Waals surface area (Å²) < 4.78 is 40.5. The maximum Gasteiger partial charge on any atom is 0.254 e. The molecule has 2 aliphatic heterocycles. The van der Waals surface area contributed by atoms with Gasteiger partial charge >= 0.3 is 0 Å². The molecule has 2 saturated heterocycles. The molecule has 1 unspecified atom stereocenters. The molecule has 6 N–H and O–H groups in total. The van der Waals surface area contributed by atoms with E-state index in [2.05, 4.69) is 25.3 Å². The number of hydrogen-bond acceptors (Lipinski definition) is 11. The summed E-state index contributed by atoms with van der Waals surface area (Å²) in [4.78, 5) is 43.5. The summed E-state index contributed by atoms with van der Waals surface area (Å²) >= 11 is 0. The maximum atomic E-state index is 14.9. The number of nitrogens with two attached hydrogens (primary N) is 2. The van der Waals surface area contributed by atoms with Crippen LogP contribution in [0.4, 0.5) is 20.5 Å². The molecule has 0 spiro atoms. The Morgan fingerprint density at radius 3 is 1.98 bits per heavy atom. The lowest BCUT2D eigenvalue weighted by molar-refractivity contribution is -0.0447. The number of nitrogens with zero attached hydrogens (tertiary/aromatic N) is 5. The molecule has 8 rings (SSSR count). The number of aromatic nitrogens is 4. The fourth-order valence-corrected chi connectivity index (χ4v) is 6.91. The Morgan fingerprint density at radius 2 is 1.36 bits per heavy atom. The second-order valence-electron chi connectivity index (χ2n) is 13.9. The highest BCUT2D eigenvalue weighted by molar-refractivity contribution is 6.02. The number of morpholine rings is 1. The summed E-state index contributed by atoms with van der Waals surface area (Å²) in [6, 6.07) is 24.0. The summed E-state index contributed by atoms with van der Waals surface area (Å²) in [6.45, 7) is 2.26. The zero-order valence-electron chi connectivity index (χ0n) is 31.9. The average molecular weight is 801 g/mol. The van der Waals surface area contributed by atoms with Crippen LogP contribution in [-0.4, -0.2) is 93.4 Å². The SMILES string of the molecule is Nc1cnc(-c2ccc(-c3ccccc3C(=O)N3CCOC(CO)C3)cc2F)cn1.Nc1ncc(-c2ccc(-c3ccccc3C(=O)NC3CCOCC3)cc2F)cn1. The fraction of sp³-hybridized carbons (Fsp3) is 0.227. The Balaban J connectivity index is 0.000000179. The van der Waals surface area contributed by atoms with Crippen LogP contribution in [-0.2, 0) is 9.47 Å². The quantitative estimate of drug-likeness (QED) is 0.145. The number of carbonyl (C=O) groups is 2. The van der Waals surface area contributed by atoms with Gasteiger partial charge < -0.3 is 36.3 Å². The zero-order valence-corrected chi connectivity index (χ0v) is 31.9. The van der Waals surface area contributed by atoms with Gasteiger partial charge in [-0.1, -0.05) is 54.6 Å². The highest BCUT2D eigenvalue weighted by atomic mass is 19.1. The van der Waals surface area contributed by atoms with Crippen LogP contribution in [0.1, 0.15) is 33.6 Å². The van der Waals surface area contributed by atoms with Crippen LogP contribution in [0.15, 0.2) is 110 Å². The molecule has 0 aliphatic carbocycles. The van der Waals surface area contributed by atoms with E-state index in [1.165, 1.54) is 36.9 Å². The number of amides is 2. The largest absolute Gasteiger partial charge is 0.394 e. The van der Waals surface area contributed by atoms with E-state index >= 15 is 0 Å². The first-order valence-electron chi connectivity index (χ1n) is 19.0. The first-order chi connectivity index (χ1) is 28.7. The van der Waals surface area contributed by atoms with Crippen molar-refractivity contribution in [2.75, 3.05) is 51.0 Å². The molecular formula is C44H42F2N8O5. The molecule has 4 heterocycles. The Bertz CT molecular complexity index is 2410. The molecule has 1 atom stereocenters. The molecule has 4 aromatic carbocycles. The number of nitrogen functional groups attached to an aromatic ring is 2. The van der Waals surface area contributed by atoms with Crippen LogP contribution in [0.3, 0.4) is 0 Å². The summed E-state index contributed by atoms with van der Waals surface area (Å²) in [5.41, 5.74) is 16.1. The van der Waals surface area contributed by atoms with Crippen molar-refractivity contribution in [3.63, 3.8) is 0 Å². The van der Waals surface area contributed by atoms with Crippen molar-refractivity contribution in [3.05, 3.63) is 132 Å². The lowest BCUT2D eigenvalue weighted by Crippen LogP contribution is -2.47. The molecule has 2 aromatic heterocycles. The van der Waals surface area contributed by atoms with Gasteiger partial charge in [0.1, 0.15) is 17.5 Å². The lowest BCUT2D eigenvalue weighted by Gasteiger charge is -2.32. The molecule has 15 heteroatoms. The third-order valence-electron chi connectivity index (χ3n) is 10.0. The minimum Gasteiger partial charge on any atom is -0.394 e. The topological polar surface area (TPSA) is 192 Å². The normalized spacial score (nSPS) is 15.5. The zero-order chi connectivity index (χ0) is 41.3. The van der Waals surface area contributed by atoms with Gasteiger partial charge in [0, 0.05) is 72.6 Å². The van der Waals surface area contributed by atoms with Crippen LogP contribution >= 0.6 is 0 Å². The van der Waals surface area contributed by atoms with Crippen molar-refractivity contribution >= 4 is 23.6 Å². The van der Waals surface area contributed by atoms with Crippen LogP contribution < -0.4 is 16.8 Å². The number of hydrogen-bond donors (Lipinski definition) is 4. The van der Waals surface area contributed by atoms with Crippen LogP contribution in [0, 0.1) is 11.6 Å². The van der Waals surface area contributed by atoms with Crippen molar-refractivity contribution in [1.29, 1.82) is 0 Å². The van der Waals surface area contributed by atoms with Crippen molar-refractivity contribution in [2.45, 2.75) is 25.0 Å². The standard InChI is InChI=1S/C22H21FN4O3.C22H21FN4O2/c23-19-9-14(5-6-18(19)20-10-26-21(24)11-25-20)16-3-1-2-4-17(16)22(29)27-7-8-30-15(12-27)13-28;23-20-11-14(5-6-18(20)15-12-25-22(24)26-13-15)17-3-1-2-4-19(17)21(28)27-16-7-9-29-10-8-16/h1-6,9-11,15,28H,7-8,12-13H2,(H2,24,26);1-6,11-13,16H,7-10H2,(H,27,28)(H2,24,25,26). The molecule has 2 fully saturated rings. The average Bonchev–Trinajstić information content (AvgIpc) is 3.27. The summed E-state index contributed by atoms with van der Waals surface area (Å²) in [5.74, 6) is -0.841. The Hall–Kier alpha value is -6.68. The molecule has 2 aliphatic rings. The minimum atomic E-state index is -0.472. The van der Waals surface area contributed by atoms with E-state index in [1.54, 1.807) is 65.6 Å². The van der Waals surface area contributed by atoms with E-state index in [4.69, 9.17) is 20.9 Å². The van der Waals surface area contributed by atoms with Crippen molar-refractivity contribution in [3.8, 4) is 44.6 Å². The molecule has 0 saturated carbocycles. The molecule has 2 amide bonds. The van der Waals surface area contributed by atoms with Gasteiger partial charge in [-0.3, -0.25) is 14.6 Å². The number of carbonyl (C=O) groups excluding carboxylic acids is 2. The van der Waals surface area contributed by atoms with E-state index in [0.29, 0.717) is 88.7 Å². The second-order valence-corrected chi connectivity index (χ2v) is 13.9. The van der Waals surface area contributed by atoms with Gasteiger partial charge in [-0.25, -0.2) is 23.7 Å². The molecule has 6 aromatic rings. The van der Waals surface area contributed by atoms with Gasteiger partial charge in [0.05, 0.1) is 37.4 Å². The first kappa shape index (κ1) is 40.5. The second kappa shape index (κ2) is 18.7. The smallest absolute Gasteiger partial charge is 0.254 e. The van der Waals surface area contributed by atoms with Gasteiger partial charge in [0.2, 0.25) is 5.95 Å². The number of nitrogens with one attached hydrogen (secondary N) is 1. The van der Waals surface area contributed by atoms with E-state index in [-0.39, 0.29) is 36.2 Å². The highest BCUT2D eigenvalue weighted by Crippen LogP contribution is 2.31. The van der Waals surface area contributed by atoms with Crippen molar-refractivity contribution < 1.29 is 33.0 Å². The van der Waals surface area contributed by atoms with Gasteiger partial charge in [-0.05, 0) is 65.4 Å². The number of rotatable bonds is 8. The van der Waals surface area contributed by atoms with Gasteiger partial charge in [0.25, 0.3) is 11.8 Å². The van der Waals surface area contributed by atoms with Crippen molar-refractivity contribution in [1.82, 2.24) is 30.2 Å². The number of aliphatic hydroxyl groups excluding tert-OH is 1. The van der Waals surface area contributed by atoms with E-state index in [0.717, 1.165) is 12.8 Å². The highest BCUT2D eigenvalue weighted by Gasteiger charge is 2.26. The number of halogens is 2. The fourth-order valence-electron chi connectivity index (χ4n) is 6.91. The van der Waals surface area contributed by atoms with E-state index in [9.17, 15) is 23.5 Å².